The Morgan fingerprint density at radius 3 is 2.63 bits per heavy atom. The lowest BCUT2D eigenvalue weighted by atomic mass is 10.0. The molecule has 0 aliphatic heterocycles. The summed E-state index contributed by atoms with van der Waals surface area (Å²) in [6, 6.07) is 4.06. The number of hydrogen-bond acceptors (Lipinski definition) is 3. The van der Waals surface area contributed by atoms with Crippen molar-refractivity contribution in [1.82, 2.24) is 5.32 Å². The molecular formula is C13H16FNO4. The number of benzene rings is 1. The molecule has 1 aromatic carbocycles. The summed E-state index contributed by atoms with van der Waals surface area (Å²) in [5.74, 6) is -2.40. The molecule has 1 unspecified atom stereocenters. The van der Waals surface area contributed by atoms with Crippen LogP contribution in [0.1, 0.15) is 22.8 Å². The molecular weight excluding hydrogens is 253 g/mol. The molecule has 5 nitrogen and oxygen atoms in total. The van der Waals surface area contributed by atoms with E-state index in [-0.39, 0.29) is 17.7 Å². The number of carboxylic acid groups (broad SMARTS) is 1. The number of rotatable bonds is 5. The van der Waals surface area contributed by atoms with Crippen LogP contribution in [0.25, 0.3) is 0 Å². The fourth-order valence-electron chi connectivity index (χ4n) is 1.61. The number of nitrogens with one attached hydrogen (secondary N) is 1. The van der Waals surface area contributed by atoms with Gasteiger partial charge in [-0.3, -0.25) is 4.79 Å². The highest BCUT2D eigenvalue weighted by Crippen LogP contribution is 2.14. The fourth-order valence-corrected chi connectivity index (χ4v) is 1.61. The van der Waals surface area contributed by atoms with Gasteiger partial charge in [0, 0.05) is 12.7 Å². The summed E-state index contributed by atoms with van der Waals surface area (Å²) < 4.78 is 18.1. The molecule has 1 atom stereocenters. The summed E-state index contributed by atoms with van der Waals surface area (Å²) in [4.78, 5) is 23.2. The summed E-state index contributed by atoms with van der Waals surface area (Å²) in [5.41, 5.74) is -1.29. The van der Waals surface area contributed by atoms with E-state index in [9.17, 15) is 14.0 Å². The summed E-state index contributed by atoms with van der Waals surface area (Å²) >= 11 is 0. The first-order valence-corrected chi connectivity index (χ1v) is 5.62. The molecule has 0 radical (unpaired) electrons. The predicted molar refractivity (Wildman–Crippen MR) is 66.5 cm³/mol. The molecule has 0 bridgehead atoms. The van der Waals surface area contributed by atoms with Gasteiger partial charge in [0.1, 0.15) is 5.82 Å². The molecule has 0 saturated carbocycles. The highest BCUT2D eigenvalue weighted by Gasteiger charge is 2.35. The molecule has 0 saturated heterocycles. The number of carboxylic acids is 1. The molecule has 1 rings (SSSR count). The van der Waals surface area contributed by atoms with Gasteiger partial charge in [-0.1, -0.05) is 6.07 Å². The van der Waals surface area contributed by atoms with Gasteiger partial charge in [0.25, 0.3) is 5.91 Å². The normalized spacial score (nSPS) is 13.7. The van der Waals surface area contributed by atoms with Gasteiger partial charge in [0.05, 0.1) is 6.61 Å². The van der Waals surface area contributed by atoms with E-state index in [0.29, 0.717) is 0 Å². The molecule has 0 heterocycles. The average molecular weight is 269 g/mol. The monoisotopic (exact) mass is 269 g/mol. The molecule has 0 spiro atoms. The van der Waals surface area contributed by atoms with Crippen LogP contribution in [0.2, 0.25) is 0 Å². The fraction of sp³-hybridized carbons (Fsp3) is 0.385. The number of ether oxygens (including phenoxy) is 1. The molecule has 2 N–H and O–H groups in total. The number of halogens is 1. The molecule has 6 heteroatoms. The molecule has 0 aliphatic rings. The number of hydrogen-bond donors (Lipinski definition) is 2. The molecule has 1 amide bonds. The summed E-state index contributed by atoms with van der Waals surface area (Å²) in [5, 5.41) is 11.5. The van der Waals surface area contributed by atoms with Gasteiger partial charge < -0.3 is 15.2 Å². The predicted octanol–water partition coefficient (Wildman–Crippen LogP) is 1.35. The largest absolute Gasteiger partial charge is 0.479 e. The van der Waals surface area contributed by atoms with E-state index in [1.807, 2.05) is 0 Å². The van der Waals surface area contributed by atoms with E-state index >= 15 is 0 Å². The van der Waals surface area contributed by atoms with Crippen molar-refractivity contribution >= 4 is 11.9 Å². The van der Waals surface area contributed by atoms with Crippen molar-refractivity contribution in [2.45, 2.75) is 19.4 Å². The maximum atomic E-state index is 13.4. The molecule has 0 aliphatic carbocycles. The molecule has 0 fully saturated rings. The van der Waals surface area contributed by atoms with Crippen LogP contribution >= 0.6 is 0 Å². The first-order chi connectivity index (χ1) is 8.81. The lowest BCUT2D eigenvalue weighted by Crippen LogP contribution is -2.55. The standard InChI is InChI=1S/C13H16FNO4/c1-8-9(5-4-6-10(8)14)11(16)15-13(2,7-19-3)12(17)18/h4-6H,7H2,1-3H3,(H,15,16)(H,17,18). The highest BCUT2D eigenvalue weighted by atomic mass is 19.1. The lowest BCUT2D eigenvalue weighted by molar-refractivity contribution is -0.145. The maximum Gasteiger partial charge on any atom is 0.331 e. The van der Waals surface area contributed by atoms with Crippen molar-refractivity contribution in [2.75, 3.05) is 13.7 Å². The van der Waals surface area contributed by atoms with Gasteiger partial charge in [-0.2, -0.15) is 0 Å². The second kappa shape index (κ2) is 5.79. The first kappa shape index (κ1) is 15.1. The Morgan fingerprint density at radius 1 is 1.47 bits per heavy atom. The second-order valence-corrected chi connectivity index (χ2v) is 4.44. The van der Waals surface area contributed by atoms with E-state index < -0.39 is 23.2 Å². The Morgan fingerprint density at radius 2 is 2.11 bits per heavy atom. The SMILES string of the molecule is COCC(C)(NC(=O)c1cccc(F)c1C)C(=O)O. The van der Waals surface area contributed by atoms with Crippen molar-refractivity contribution in [3.05, 3.63) is 35.1 Å². The minimum absolute atomic E-state index is 0.101. The minimum atomic E-state index is -1.56. The van der Waals surface area contributed by atoms with Crippen LogP contribution < -0.4 is 5.32 Å². The minimum Gasteiger partial charge on any atom is -0.479 e. The quantitative estimate of drug-likeness (QED) is 0.846. The Bertz CT molecular complexity index is 503. The number of carbonyl (C=O) groups is 2. The van der Waals surface area contributed by atoms with Gasteiger partial charge in [0.2, 0.25) is 0 Å². The Labute approximate surface area is 110 Å². The Kier molecular flexibility index (Phi) is 4.61. The summed E-state index contributed by atoms with van der Waals surface area (Å²) in [7, 11) is 1.33. The molecule has 1 aromatic rings. The van der Waals surface area contributed by atoms with Crippen molar-refractivity contribution in [2.24, 2.45) is 0 Å². The number of aliphatic carboxylic acids is 1. The third kappa shape index (κ3) is 3.29. The smallest absolute Gasteiger partial charge is 0.331 e. The van der Waals surface area contributed by atoms with Crippen LogP contribution in [0.3, 0.4) is 0 Å². The van der Waals surface area contributed by atoms with E-state index in [0.717, 1.165) is 0 Å². The van der Waals surface area contributed by atoms with E-state index in [1.165, 1.54) is 39.2 Å². The highest BCUT2D eigenvalue weighted by molar-refractivity contribution is 5.98. The van der Waals surface area contributed by atoms with Gasteiger partial charge in [-0.25, -0.2) is 9.18 Å². The Hall–Kier alpha value is -1.95. The molecule has 19 heavy (non-hydrogen) atoms. The van der Waals surface area contributed by atoms with Crippen molar-refractivity contribution < 1.29 is 23.8 Å². The van der Waals surface area contributed by atoms with Gasteiger partial charge in [-0.05, 0) is 31.5 Å². The topological polar surface area (TPSA) is 75.6 Å². The summed E-state index contributed by atoms with van der Waals surface area (Å²) in [6.45, 7) is 2.59. The van der Waals surface area contributed by atoms with Gasteiger partial charge in [0.15, 0.2) is 5.54 Å². The van der Waals surface area contributed by atoms with Crippen LogP contribution in [0.15, 0.2) is 18.2 Å². The summed E-state index contributed by atoms with van der Waals surface area (Å²) in [6.07, 6.45) is 0. The zero-order valence-corrected chi connectivity index (χ0v) is 11.0. The lowest BCUT2D eigenvalue weighted by Gasteiger charge is -2.25. The number of methoxy groups -OCH3 is 1. The maximum absolute atomic E-state index is 13.4. The van der Waals surface area contributed by atoms with Crippen LogP contribution in [0.4, 0.5) is 4.39 Å². The third-order valence-electron chi connectivity index (χ3n) is 2.81. The van der Waals surface area contributed by atoms with Crippen molar-refractivity contribution in [3.8, 4) is 0 Å². The van der Waals surface area contributed by atoms with Crippen molar-refractivity contribution in [1.29, 1.82) is 0 Å². The molecule has 104 valence electrons. The Balaban J connectivity index is 3.01. The van der Waals surface area contributed by atoms with Crippen LogP contribution in [0.5, 0.6) is 0 Å². The van der Waals surface area contributed by atoms with E-state index in [4.69, 9.17) is 9.84 Å². The van der Waals surface area contributed by atoms with Crippen LogP contribution in [-0.4, -0.2) is 36.2 Å². The average Bonchev–Trinajstić information content (AvgIpc) is 2.32. The zero-order chi connectivity index (χ0) is 14.6. The van der Waals surface area contributed by atoms with E-state index in [2.05, 4.69) is 5.32 Å². The van der Waals surface area contributed by atoms with E-state index in [1.54, 1.807) is 0 Å². The number of amides is 1. The van der Waals surface area contributed by atoms with Crippen LogP contribution in [0, 0.1) is 12.7 Å². The number of carbonyl (C=O) groups excluding carboxylic acids is 1. The second-order valence-electron chi connectivity index (χ2n) is 4.44. The first-order valence-electron chi connectivity index (χ1n) is 5.62. The van der Waals surface area contributed by atoms with Gasteiger partial charge >= 0.3 is 5.97 Å². The molecule has 0 aromatic heterocycles. The van der Waals surface area contributed by atoms with Gasteiger partial charge in [-0.15, -0.1) is 0 Å². The zero-order valence-electron chi connectivity index (χ0n) is 11.0. The van der Waals surface area contributed by atoms with Crippen molar-refractivity contribution in [3.63, 3.8) is 0 Å². The third-order valence-corrected chi connectivity index (χ3v) is 2.81. The van der Waals surface area contributed by atoms with Crippen LogP contribution in [-0.2, 0) is 9.53 Å².